The first-order valence-electron chi connectivity index (χ1n) is 10.0. The molecule has 0 spiro atoms. The van der Waals surface area contributed by atoms with Gasteiger partial charge in [-0.2, -0.15) is 0 Å². The van der Waals surface area contributed by atoms with E-state index < -0.39 is 12.1 Å². The minimum Gasteiger partial charge on any atom is -0.326 e. The maximum absolute atomic E-state index is 12.9. The highest BCUT2D eigenvalue weighted by Crippen LogP contribution is 2.27. The molecular formula is C22H23Cl2N5O2S. The molecule has 0 fully saturated rings. The van der Waals surface area contributed by atoms with E-state index in [1.165, 1.54) is 11.3 Å². The Balaban J connectivity index is 1.67. The number of aromatic nitrogens is 2. The van der Waals surface area contributed by atoms with E-state index >= 15 is 0 Å². The highest BCUT2D eigenvalue weighted by molar-refractivity contribution is 7.18. The van der Waals surface area contributed by atoms with Gasteiger partial charge in [-0.25, -0.2) is 4.79 Å². The van der Waals surface area contributed by atoms with Gasteiger partial charge in [-0.1, -0.05) is 73.0 Å². The van der Waals surface area contributed by atoms with Crippen molar-refractivity contribution < 1.29 is 9.59 Å². The molecule has 3 rings (SSSR count). The zero-order valence-corrected chi connectivity index (χ0v) is 20.1. The number of urea groups is 1. The van der Waals surface area contributed by atoms with Crippen LogP contribution in [0, 0.1) is 12.8 Å². The summed E-state index contributed by atoms with van der Waals surface area (Å²) in [5.74, 6) is -0.471. The largest absolute Gasteiger partial charge is 0.326 e. The molecule has 1 aromatic heterocycles. The topological polar surface area (TPSA) is 96.0 Å². The Morgan fingerprint density at radius 1 is 1.06 bits per heavy atom. The maximum atomic E-state index is 12.9. The van der Waals surface area contributed by atoms with E-state index in [0.29, 0.717) is 32.3 Å². The lowest BCUT2D eigenvalue weighted by atomic mass is 9.98. The van der Waals surface area contributed by atoms with Crippen molar-refractivity contribution in [2.24, 2.45) is 5.92 Å². The summed E-state index contributed by atoms with van der Waals surface area (Å²) < 4.78 is 0. The van der Waals surface area contributed by atoms with Crippen molar-refractivity contribution in [3.8, 4) is 10.6 Å². The first-order chi connectivity index (χ1) is 15.3. The summed E-state index contributed by atoms with van der Waals surface area (Å²) in [7, 11) is 0. The van der Waals surface area contributed by atoms with E-state index in [0.717, 1.165) is 11.1 Å². The lowest BCUT2D eigenvalue weighted by Crippen LogP contribution is -2.49. The first kappa shape index (κ1) is 24.0. The van der Waals surface area contributed by atoms with E-state index in [1.807, 2.05) is 39.0 Å². The number of nitrogens with zero attached hydrogens (tertiary/aromatic N) is 2. The second kappa shape index (κ2) is 10.8. The van der Waals surface area contributed by atoms with E-state index in [4.69, 9.17) is 23.2 Å². The van der Waals surface area contributed by atoms with Crippen molar-refractivity contribution in [1.29, 1.82) is 0 Å². The molecule has 0 unspecified atom stereocenters. The van der Waals surface area contributed by atoms with Crippen molar-refractivity contribution in [2.45, 2.75) is 33.2 Å². The molecule has 0 aliphatic heterocycles. The van der Waals surface area contributed by atoms with Crippen molar-refractivity contribution in [3.05, 3.63) is 58.1 Å². The fourth-order valence-corrected chi connectivity index (χ4v) is 3.91. The lowest BCUT2D eigenvalue weighted by Gasteiger charge is -2.23. The Hall–Kier alpha value is -2.68. The molecule has 0 aliphatic carbocycles. The molecule has 32 heavy (non-hydrogen) atoms. The summed E-state index contributed by atoms with van der Waals surface area (Å²) in [6.45, 7) is 5.72. The van der Waals surface area contributed by atoms with Crippen LogP contribution in [0.2, 0.25) is 10.0 Å². The molecule has 1 heterocycles. The van der Waals surface area contributed by atoms with Crippen molar-refractivity contribution >= 4 is 57.3 Å². The third-order valence-corrected chi connectivity index (χ3v) is 6.50. The summed E-state index contributed by atoms with van der Waals surface area (Å²) in [5.41, 5.74) is 2.29. The fourth-order valence-electron chi connectivity index (χ4n) is 2.85. The number of aryl methyl sites for hydroxylation is 1. The molecular weight excluding hydrogens is 469 g/mol. The standard InChI is InChI=1S/C22H23Cl2N5O2S/c1-4-12(2)18(26-21(31)25-16-10-5-13(3)17(24)11-16)19(30)27-22-29-28-20(32-22)14-6-8-15(23)9-7-14/h5-12,18H,4H2,1-3H3,(H2,25,26,31)(H,27,29,30)/t12-,18+/m0/s1. The third-order valence-electron chi connectivity index (χ3n) is 4.96. The van der Waals surface area contributed by atoms with Gasteiger partial charge in [0.1, 0.15) is 11.0 Å². The molecule has 0 bridgehead atoms. The Bertz CT molecular complexity index is 1100. The minimum atomic E-state index is -0.760. The summed E-state index contributed by atoms with van der Waals surface area (Å²) in [6, 6.07) is 11.2. The fraction of sp³-hybridized carbons (Fsp3) is 0.273. The summed E-state index contributed by atoms with van der Waals surface area (Å²) in [6.07, 6.45) is 0.695. The monoisotopic (exact) mass is 491 g/mol. The van der Waals surface area contributed by atoms with Gasteiger partial charge in [0.25, 0.3) is 0 Å². The molecule has 168 valence electrons. The van der Waals surface area contributed by atoms with Gasteiger partial charge in [-0.3, -0.25) is 10.1 Å². The van der Waals surface area contributed by atoms with Gasteiger partial charge in [0, 0.05) is 21.3 Å². The number of carbonyl (C=O) groups is 2. The van der Waals surface area contributed by atoms with Gasteiger partial charge in [-0.05, 0) is 42.7 Å². The lowest BCUT2D eigenvalue weighted by molar-refractivity contribution is -0.119. The number of hydrogen-bond donors (Lipinski definition) is 3. The van der Waals surface area contributed by atoms with Crippen molar-refractivity contribution in [2.75, 3.05) is 10.6 Å². The molecule has 3 amide bonds. The zero-order valence-electron chi connectivity index (χ0n) is 17.8. The van der Waals surface area contributed by atoms with Crippen LogP contribution in [-0.2, 0) is 4.79 Å². The van der Waals surface area contributed by atoms with Crippen molar-refractivity contribution in [3.63, 3.8) is 0 Å². The van der Waals surface area contributed by atoms with Gasteiger partial charge in [-0.15, -0.1) is 10.2 Å². The van der Waals surface area contributed by atoms with E-state index in [9.17, 15) is 9.59 Å². The SMILES string of the molecule is CC[C@H](C)[C@@H](NC(=O)Nc1ccc(C)c(Cl)c1)C(=O)Nc1nnc(-c2ccc(Cl)cc2)s1. The molecule has 2 atom stereocenters. The molecule has 3 N–H and O–H groups in total. The van der Waals surface area contributed by atoms with Crippen LogP contribution in [0.15, 0.2) is 42.5 Å². The number of carbonyl (C=O) groups excluding carboxylic acids is 2. The number of benzene rings is 2. The number of halogens is 2. The molecule has 7 nitrogen and oxygen atoms in total. The van der Waals surface area contributed by atoms with Gasteiger partial charge in [0.15, 0.2) is 0 Å². The van der Waals surface area contributed by atoms with Crippen LogP contribution in [-0.4, -0.2) is 28.2 Å². The molecule has 2 aromatic carbocycles. The van der Waals surface area contributed by atoms with E-state index in [1.54, 1.807) is 24.3 Å². The second-order valence-electron chi connectivity index (χ2n) is 7.33. The van der Waals surface area contributed by atoms with Crippen LogP contribution < -0.4 is 16.0 Å². The molecule has 0 aliphatic rings. The smallest absolute Gasteiger partial charge is 0.319 e. The average molecular weight is 492 g/mol. The second-order valence-corrected chi connectivity index (χ2v) is 9.16. The van der Waals surface area contributed by atoms with Gasteiger partial charge < -0.3 is 10.6 Å². The molecule has 0 saturated heterocycles. The van der Waals surface area contributed by atoms with E-state index in [-0.39, 0.29) is 11.8 Å². The highest BCUT2D eigenvalue weighted by Gasteiger charge is 2.27. The van der Waals surface area contributed by atoms with Crippen LogP contribution in [0.25, 0.3) is 10.6 Å². The number of nitrogens with one attached hydrogen (secondary N) is 3. The van der Waals surface area contributed by atoms with Crippen LogP contribution >= 0.6 is 34.5 Å². The Morgan fingerprint density at radius 2 is 1.78 bits per heavy atom. The van der Waals surface area contributed by atoms with Crippen LogP contribution in [0.5, 0.6) is 0 Å². The summed E-state index contributed by atoms with van der Waals surface area (Å²) in [5, 5.41) is 18.6. The Morgan fingerprint density at radius 3 is 2.44 bits per heavy atom. The van der Waals surface area contributed by atoms with E-state index in [2.05, 4.69) is 26.1 Å². The number of anilines is 2. The number of rotatable bonds is 7. The molecule has 0 radical (unpaired) electrons. The summed E-state index contributed by atoms with van der Waals surface area (Å²) in [4.78, 5) is 25.5. The van der Waals surface area contributed by atoms with Gasteiger partial charge in [0.2, 0.25) is 11.0 Å². The number of hydrogen-bond acceptors (Lipinski definition) is 5. The van der Waals surface area contributed by atoms with Crippen LogP contribution in [0.1, 0.15) is 25.8 Å². The van der Waals surface area contributed by atoms with Gasteiger partial charge in [0.05, 0.1) is 0 Å². The quantitative estimate of drug-likeness (QED) is 0.377. The average Bonchev–Trinajstić information content (AvgIpc) is 3.23. The molecule has 10 heteroatoms. The zero-order chi connectivity index (χ0) is 23.3. The minimum absolute atomic E-state index is 0.106. The predicted octanol–water partition coefficient (Wildman–Crippen LogP) is 6.00. The first-order valence-corrected chi connectivity index (χ1v) is 11.6. The maximum Gasteiger partial charge on any atom is 0.319 e. The van der Waals surface area contributed by atoms with Crippen molar-refractivity contribution in [1.82, 2.24) is 15.5 Å². The Labute approximate surface area is 200 Å². The summed E-state index contributed by atoms with van der Waals surface area (Å²) >= 11 is 13.3. The number of amides is 3. The molecule has 3 aromatic rings. The third kappa shape index (κ3) is 6.18. The van der Waals surface area contributed by atoms with Crippen LogP contribution in [0.4, 0.5) is 15.6 Å². The van der Waals surface area contributed by atoms with Gasteiger partial charge >= 0.3 is 6.03 Å². The normalized spacial score (nSPS) is 12.7. The Kier molecular flexibility index (Phi) is 8.06. The highest BCUT2D eigenvalue weighted by atomic mass is 35.5. The molecule has 0 saturated carbocycles. The van der Waals surface area contributed by atoms with Crippen LogP contribution in [0.3, 0.4) is 0 Å². The predicted molar refractivity (Wildman–Crippen MR) is 131 cm³/mol.